The third-order valence-corrected chi connectivity index (χ3v) is 4.52. The van der Waals surface area contributed by atoms with Crippen LogP contribution in [-0.2, 0) is 4.79 Å². The predicted octanol–water partition coefficient (Wildman–Crippen LogP) is 2.58. The van der Waals surface area contributed by atoms with E-state index in [1.807, 2.05) is 0 Å². The van der Waals surface area contributed by atoms with Gasteiger partial charge in [-0.1, -0.05) is 19.3 Å². The number of carboxylic acid groups (broad SMARTS) is 1. The first kappa shape index (κ1) is 17.4. The van der Waals surface area contributed by atoms with E-state index >= 15 is 0 Å². The topological polar surface area (TPSA) is 85.2 Å². The van der Waals surface area contributed by atoms with Gasteiger partial charge in [0.2, 0.25) is 5.75 Å². The first-order valence-electron chi connectivity index (χ1n) is 7.72. The molecule has 2 N–H and O–H groups in total. The van der Waals surface area contributed by atoms with E-state index in [1.54, 1.807) is 12.1 Å². The first-order valence-corrected chi connectivity index (χ1v) is 7.72. The number of hydrogen-bond donors (Lipinski definition) is 2. The fraction of sp³-hybridized carbons (Fsp3) is 0.588. The van der Waals surface area contributed by atoms with Gasteiger partial charge in [-0.3, -0.25) is 4.79 Å². The molecule has 1 saturated carbocycles. The lowest BCUT2D eigenvalue weighted by Gasteiger charge is -2.37. The lowest BCUT2D eigenvalue weighted by molar-refractivity contribution is -0.147. The van der Waals surface area contributed by atoms with Gasteiger partial charge in [0.25, 0.3) is 0 Å². The molecule has 0 heterocycles. The van der Waals surface area contributed by atoms with Crippen LogP contribution in [0.15, 0.2) is 12.1 Å². The van der Waals surface area contributed by atoms with Crippen LogP contribution in [0.1, 0.15) is 43.6 Å². The van der Waals surface area contributed by atoms with Crippen LogP contribution in [0, 0.1) is 0 Å². The monoisotopic (exact) mass is 324 g/mol. The minimum Gasteiger partial charge on any atom is -0.493 e. The van der Waals surface area contributed by atoms with Gasteiger partial charge in [-0.2, -0.15) is 0 Å². The molecular weight excluding hydrogens is 300 g/mol. The Hall–Kier alpha value is -1.95. The average Bonchev–Trinajstić information content (AvgIpc) is 2.53. The molecule has 1 aromatic carbocycles. The summed E-state index contributed by atoms with van der Waals surface area (Å²) in [5, 5.41) is 20.6. The summed E-state index contributed by atoms with van der Waals surface area (Å²) in [5.41, 5.74) is -0.800. The summed E-state index contributed by atoms with van der Waals surface area (Å²) in [6.45, 7) is 0. The molecule has 0 bridgehead atoms. The van der Waals surface area contributed by atoms with E-state index in [9.17, 15) is 15.0 Å². The number of aliphatic carboxylic acids is 1. The Labute approximate surface area is 136 Å². The smallest absolute Gasteiger partial charge is 0.313 e. The van der Waals surface area contributed by atoms with Gasteiger partial charge in [0, 0.05) is 0 Å². The van der Waals surface area contributed by atoms with E-state index < -0.39 is 17.5 Å². The molecule has 0 spiro atoms. The van der Waals surface area contributed by atoms with Crippen molar-refractivity contribution < 1.29 is 29.2 Å². The van der Waals surface area contributed by atoms with E-state index in [1.165, 1.54) is 21.3 Å². The molecule has 0 saturated heterocycles. The van der Waals surface area contributed by atoms with Gasteiger partial charge < -0.3 is 24.4 Å². The van der Waals surface area contributed by atoms with Crippen molar-refractivity contribution in [2.75, 3.05) is 21.3 Å². The average molecular weight is 324 g/mol. The molecule has 23 heavy (non-hydrogen) atoms. The van der Waals surface area contributed by atoms with Crippen LogP contribution in [0.25, 0.3) is 0 Å². The minimum atomic E-state index is -1.26. The van der Waals surface area contributed by atoms with Crippen molar-refractivity contribution in [3.8, 4) is 17.2 Å². The molecule has 6 nitrogen and oxygen atoms in total. The summed E-state index contributed by atoms with van der Waals surface area (Å²) in [7, 11) is 4.45. The maximum Gasteiger partial charge on any atom is 0.313 e. The second kappa shape index (κ2) is 7.08. The Morgan fingerprint density at radius 3 is 1.96 bits per heavy atom. The highest BCUT2D eigenvalue weighted by atomic mass is 16.5. The van der Waals surface area contributed by atoms with Gasteiger partial charge in [-0.05, 0) is 30.5 Å². The fourth-order valence-corrected chi connectivity index (χ4v) is 3.40. The van der Waals surface area contributed by atoms with Gasteiger partial charge in [-0.15, -0.1) is 0 Å². The molecule has 1 aliphatic rings. The number of hydrogen-bond acceptors (Lipinski definition) is 5. The molecule has 1 aromatic rings. The van der Waals surface area contributed by atoms with E-state index in [2.05, 4.69) is 0 Å². The SMILES string of the molecule is COc1cc(C(C(=O)O)C2(O)CCCCC2)cc(OC)c1OC. The summed E-state index contributed by atoms with van der Waals surface area (Å²) in [6.07, 6.45) is 3.61. The van der Waals surface area contributed by atoms with Crippen molar-refractivity contribution in [2.45, 2.75) is 43.6 Å². The first-order chi connectivity index (χ1) is 11.0. The van der Waals surface area contributed by atoms with Crippen molar-refractivity contribution in [2.24, 2.45) is 0 Å². The van der Waals surface area contributed by atoms with Crippen molar-refractivity contribution in [1.82, 2.24) is 0 Å². The zero-order valence-corrected chi connectivity index (χ0v) is 13.8. The van der Waals surface area contributed by atoms with Gasteiger partial charge in [0.05, 0.1) is 26.9 Å². The highest BCUT2D eigenvalue weighted by Gasteiger charge is 2.44. The molecular formula is C17H24O6. The standard InChI is InChI=1S/C17H24O6/c1-21-12-9-11(10-13(22-2)15(12)23-3)14(16(18)19)17(20)7-5-4-6-8-17/h9-10,14,20H,4-8H2,1-3H3,(H,18,19). The van der Waals surface area contributed by atoms with Crippen molar-refractivity contribution in [1.29, 1.82) is 0 Å². The summed E-state index contributed by atoms with van der Waals surface area (Å²) in [5.74, 6) is -0.918. The summed E-state index contributed by atoms with van der Waals surface area (Å²) < 4.78 is 15.8. The molecule has 0 aromatic heterocycles. The molecule has 0 radical (unpaired) electrons. The van der Waals surface area contributed by atoms with Gasteiger partial charge in [0.1, 0.15) is 5.92 Å². The zero-order chi connectivity index (χ0) is 17.0. The zero-order valence-electron chi connectivity index (χ0n) is 13.8. The van der Waals surface area contributed by atoms with Gasteiger partial charge in [0.15, 0.2) is 11.5 Å². The maximum absolute atomic E-state index is 11.9. The Morgan fingerprint density at radius 1 is 1.04 bits per heavy atom. The van der Waals surface area contributed by atoms with Gasteiger partial charge in [-0.25, -0.2) is 0 Å². The summed E-state index contributed by atoms with van der Waals surface area (Å²) in [4.78, 5) is 11.9. The Morgan fingerprint density at radius 2 is 1.57 bits per heavy atom. The second-order valence-electron chi connectivity index (χ2n) is 5.89. The molecule has 1 aliphatic carbocycles. The molecule has 1 fully saturated rings. The predicted molar refractivity (Wildman–Crippen MR) is 84.5 cm³/mol. The molecule has 2 rings (SSSR count). The molecule has 1 atom stereocenters. The number of carboxylic acids is 1. The lowest BCUT2D eigenvalue weighted by Crippen LogP contribution is -2.42. The van der Waals surface area contributed by atoms with Crippen LogP contribution in [-0.4, -0.2) is 43.1 Å². The summed E-state index contributed by atoms with van der Waals surface area (Å²) in [6, 6.07) is 3.21. The molecule has 0 amide bonds. The van der Waals surface area contributed by atoms with Crippen molar-refractivity contribution in [3.63, 3.8) is 0 Å². The third-order valence-electron chi connectivity index (χ3n) is 4.52. The van der Waals surface area contributed by atoms with Crippen LogP contribution in [0.3, 0.4) is 0 Å². The number of rotatable bonds is 6. The molecule has 128 valence electrons. The van der Waals surface area contributed by atoms with Crippen molar-refractivity contribution in [3.05, 3.63) is 17.7 Å². The highest BCUT2D eigenvalue weighted by molar-refractivity contribution is 5.79. The van der Waals surface area contributed by atoms with Crippen molar-refractivity contribution >= 4 is 5.97 Å². The van der Waals surface area contributed by atoms with E-state index in [4.69, 9.17) is 14.2 Å². The number of carbonyl (C=O) groups is 1. The molecule has 6 heteroatoms. The largest absolute Gasteiger partial charge is 0.493 e. The van der Waals surface area contributed by atoms with E-state index in [0.717, 1.165) is 19.3 Å². The second-order valence-corrected chi connectivity index (χ2v) is 5.89. The van der Waals surface area contributed by atoms with Crippen LogP contribution in [0.4, 0.5) is 0 Å². The highest BCUT2D eigenvalue weighted by Crippen LogP contribution is 2.45. The number of methoxy groups -OCH3 is 3. The number of benzene rings is 1. The minimum absolute atomic E-state index is 0.382. The van der Waals surface area contributed by atoms with Crippen LogP contribution in [0.2, 0.25) is 0 Å². The van der Waals surface area contributed by atoms with Crippen LogP contribution in [0.5, 0.6) is 17.2 Å². The van der Waals surface area contributed by atoms with Crippen LogP contribution >= 0.6 is 0 Å². The molecule has 1 unspecified atom stereocenters. The Bertz CT molecular complexity index is 537. The quantitative estimate of drug-likeness (QED) is 0.836. The number of ether oxygens (including phenoxy) is 3. The van der Waals surface area contributed by atoms with E-state index in [0.29, 0.717) is 35.7 Å². The normalized spacial score (nSPS) is 18.1. The number of aliphatic hydroxyl groups is 1. The van der Waals surface area contributed by atoms with Crippen LogP contribution < -0.4 is 14.2 Å². The molecule has 0 aliphatic heterocycles. The fourth-order valence-electron chi connectivity index (χ4n) is 3.40. The Kier molecular flexibility index (Phi) is 5.36. The maximum atomic E-state index is 11.9. The van der Waals surface area contributed by atoms with Gasteiger partial charge >= 0.3 is 5.97 Å². The Balaban J connectivity index is 2.53. The lowest BCUT2D eigenvalue weighted by atomic mass is 9.72. The third kappa shape index (κ3) is 3.37. The van der Waals surface area contributed by atoms with E-state index in [-0.39, 0.29) is 0 Å². The summed E-state index contributed by atoms with van der Waals surface area (Å²) >= 11 is 0.